The van der Waals surface area contributed by atoms with Gasteiger partial charge >= 0.3 is 0 Å². The number of anilines is 9. The zero-order valence-corrected chi connectivity index (χ0v) is 36.7. The SMILES string of the molecule is c1cc(-c2ccc(N(c3ccc(-c4cccc(N5c6ccccc6Sc6ccccc65)c4)cc3)c3ccc4c(c3)oc3ccccc34)cc2)cc(N2c3ccccc3Cc3ccccc32)c1. The Labute approximate surface area is 388 Å². The first-order chi connectivity index (χ1) is 32.7. The van der Waals surface area contributed by atoms with E-state index in [1.165, 1.54) is 43.7 Å². The maximum atomic E-state index is 6.44. The molecule has 0 spiro atoms. The molecule has 0 N–H and O–H groups in total. The van der Waals surface area contributed by atoms with Gasteiger partial charge in [-0.25, -0.2) is 0 Å². The Morgan fingerprint density at radius 3 is 1.41 bits per heavy atom. The molecule has 2 aliphatic heterocycles. The zero-order valence-electron chi connectivity index (χ0n) is 35.9. The molecule has 13 rings (SSSR count). The van der Waals surface area contributed by atoms with Gasteiger partial charge in [0.15, 0.2) is 0 Å². The highest BCUT2D eigenvalue weighted by molar-refractivity contribution is 7.99. The average Bonchev–Trinajstić information content (AvgIpc) is 3.76. The number of hydrogen-bond donors (Lipinski definition) is 0. The van der Waals surface area contributed by atoms with Gasteiger partial charge in [0.1, 0.15) is 11.2 Å². The predicted molar refractivity (Wildman–Crippen MR) is 276 cm³/mol. The van der Waals surface area contributed by atoms with Crippen molar-refractivity contribution in [1.29, 1.82) is 0 Å². The molecule has 66 heavy (non-hydrogen) atoms. The van der Waals surface area contributed by atoms with Crippen LogP contribution in [0, 0.1) is 0 Å². The average molecular weight is 864 g/mol. The molecule has 0 saturated heterocycles. The third kappa shape index (κ3) is 6.55. The second kappa shape index (κ2) is 15.8. The Morgan fingerprint density at radius 1 is 0.348 bits per heavy atom. The van der Waals surface area contributed by atoms with E-state index >= 15 is 0 Å². The van der Waals surface area contributed by atoms with E-state index in [0.29, 0.717) is 0 Å². The van der Waals surface area contributed by atoms with Crippen LogP contribution in [0.25, 0.3) is 44.2 Å². The van der Waals surface area contributed by atoms with E-state index in [4.69, 9.17) is 4.42 Å². The van der Waals surface area contributed by atoms with Crippen LogP contribution in [0.5, 0.6) is 0 Å². The third-order valence-corrected chi connectivity index (χ3v) is 14.2. The van der Waals surface area contributed by atoms with E-state index in [-0.39, 0.29) is 0 Å². The van der Waals surface area contributed by atoms with Gasteiger partial charge in [-0.2, -0.15) is 0 Å². The topological polar surface area (TPSA) is 22.9 Å². The second-order valence-corrected chi connectivity index (χ2v) is 18.0. The van der Waals surface area contributed by atoms with E-state index in [9.17, 15) is 0 Å². The minimum absolute atomic E-state index is 0.862. The highest BCUT2D eigenvalue weighted by atomic mass is 32.2. The number of para-hydroxylation sites is 5. The minimum atomic E-state index is 0.862. The van der Waals surface area contributed by atoms with Gasteiger partial charge in [-0.3, -0.25) is 0 Å². The Bertz CT molecular complexity index is 3360. The lowest BCUT2D eigenvalue weighted by molar-refractivity contribution is 0.669. The lowest BCUT2D eigenvalue weighted by Gasteiger charge is -2.33. The number of fused-ring (bicyclic) bond motifs is 7. The van der Waals surface area contributed by atoms with Crippen LogP contribution in [0.2, 0.25) is 0 Å². The van der Waals surface area contributed by atoms with Crippen LogP contribution in [0.4, 0.5) is 51.2 Å². The molecule has 3 heterocycles. The first-order valence-corrected chi connectivity index (χ1v) is 23.3. The van der Waals surface area contributed by atoms with Gasteiger partial charge in [-0.15, -0.1) is 0 Å². The van der Waals surface area contributed by atoms with Crippen LogP contribution in [0.15, 0.2) is 251 Å². The standard InChI is InChI=1S/C61H41N3OS/c1-4-20-54-45(13-1)37-46-14-2-5-21-55(46)63(54)49-17-11-15-43(38-49)41-27-31-47(32-28-41)62(51-35-36-53-52-19-3-8-24-58(52)65-59(53)40-51)48-33-29-42(30-34-48)44-16-12-18-50(39-44)64-56-22-6-9-25-60(56)66-61-26-10-7-23-57(61)64/h1-36,38-40H,37H2. The summed E-state index contributed by atoms with van der Waals surface area (Å²) in [5.41, 5.74) is 19.3. The lowest BCUT2D eigenvalue weighted by Crippen LogP contribution is -2.18. The van der Waals surface area contributed by atoms with E-state index in [2.05, 4.69) is 239 Å². The van der Waals surface area contributed by atoms with Gasteiger partial charge in [0.2, 0.25) is 0 Å². The molecule has 4 nitrogen and oxygen atoms in total. The summed E-state index contributed by atoms with van der Waals surface area (Å²) in [5, 5.41) is 2.23. The molecule has 0 unspecified atom stereocenters. The first-order valence-electron chi connectivity index (χ1n) is 22.4. The van der Waals surface area contributed by atoms with E-state index in [1.54, 1.807) is 0 Å². The van der Waals surface area contributed by atoms with Crippen molar-refractivity contribution < 1.29 is 4.42 Å². The van der Waals surface area contributed by atoms with Crippen LogP contribution in [-0.4, -0.2) is 0 Å². The van der Waals surface area contributed by atoms with Crippen molar-refractivity contribution >= 4 is 84.9 Å². The summed E-state index contributed by atoms with van der Waals surface area (Å²) in [4.78, 5) is 9.63. The van der Waals surface area contributed by atoms with Crippen LogP contribution in [-0.2, 0) is 6.42 Å². The van der Waals surface area contributed by atoms with Gasteiger partial charge in [0, 0.05) is 72.9 Å². The molecule has 0 amide bonds. The van der Waals surface area contributed by atoms with Crippen LogP contribution in [0.3, 0.4) is 0 Å². The van der Waals surface area contributed by atoms with Crippen molar-refractivity contribution in [3.05, 3.63) is 248 Å². The van der Waals surface area contributed by atoms with Crippen molar-refractivity contribution in [2.24, 2.45) is 0 Å². The number of rotatable bonds is 7. The smallest absolute Gasteiger partial charge is 0.137 e. The molecule has 0 aliphatic carbocycles. The van der Waals surface area contributed by atoms with E-state index in [0.717, 1.165) is 79.1 Å². The molecule has 5 heteroatoms. The summed E-state index contributed by atoms with van der Waals surface area (Å²) in [5.74, 6) is 0. The summed E-state index contributed by atoms with van der Waals surface area (Å²) < 4.78 is 6.44. The van der Waals surface area contributed by atoms with Crippen molar-refractivity contribution in [2.75, 3.05) is 14.7 Å². The molecule has 312 valence electrons. The quantitative estimate of drug-likeness (QED) is 0.159. The Balaban J connectivity index is 0.866. The fourth-order valence-corrected chi connectivity index (χ4v) is 11.0. The molecule has 1 aromatic heterocycles. The molecule has 10 aromatic carbocycles. The summed E-state index contributed by atoms with van der Waals surface area (Å²) in [6.07, 6.45) is 0.933. The Morgan fingerprint density at radius 2 is 0.818 bits per heavy atom. The van der Waals surface area contributed by atoms with E-state index in [1.807, 2.05) is 23.9 Å². The fraction of sp³-hybridized carbons (Fsp3) is 0.0164. The minimum Gasteiger partial charge on any atom is -0.456 e. The molecule has 0 radical (unpaired) electrons. The first kappa shape index (κ1) is 38.2. The van der Waals surface area contributed by atoms with Crippen molar-refractivity contribution in [1.82, 2.24) is 0 Å². The highest BCUT2D eigenvalue weighted by Gasteiger charge is 2.26. The fourth-order valence-electron chi connectivity index (χ4n) is 9.91. The lowest BCUT2D eigenvalue weighted by atomic mass is 9.94. The zero-order chi connectivity index (χ0) is 43.6. The molecule has 0 bridgehead atoms. The molecule has 0 atom stereocenters. The summed E-state index contributed by atoms with van der Waals surface area (Å²) >= 11 is 1.83. The van der Waals surface area contributed by atoms with Gasteiger partial charge in [0.05, 0.1) is 11.4 Å². The summed E-state index contributed by atoms with van der Waals surface area (Å²) in [6.45, 7) is 0. The number of hydrogen-bond acceptors (Lipinski definition) is 5. The highest BCUT2D eigenvalue weighted by Crippen LogP contribution is 2.52. The maximum Gasteiger partial charge on any atom is 0.137 e. The van der Waals surface area contributed by atoms with Crippen LogP contribution >= 0.6 is 11.8 Å². The number of furan rings is 1. The van der Waals surface area contributed by atoms with Crippen LogP contribution in [0.1, 0.15) is 11.1 Å². The van der Waals surface area contributed by atoms with Crippen molar-refractivity contribution in [2.45, 2.75) is 16.2 Å². The van der Waals surface area contributed by atoms with E-state index < -0.39 is 0 Å². The largest absolute Gasteiger partial charge is 0.456 e. The molecule has 11 aromatic rings. The maximum absolute atomic E-state index is 6.44. The molecular formula is C61H41N3OS. The Hall–Kier alpha value is -8.25. The summed E-state index contributed by atoms with van der Waals surface area (Å²) in [7, 11) is 0. The third-order valence-electron chi connectivity index (χ3n) is 13.0. The molecular weight excluding hydrogens is 823 g/mol. The number of benzene rings is 10. The van der Waals surface area contributed by atoms with Crippen molar-refractivity contribution in [3.63, 3.8) is 0 Å². The normalized spacial score (nSPS) is 12.7. The molecule has 0 saturated carbocycles. The van der Waals surface area contributed by atoms with Gasteiger partial charge in [-0.05, 0) is 137 Å². The van der Waals surface area contributed by atoms with Gasteiger partial charge in [-0.1, -0.05) is 139 Å². The monoisotopic (exact) mass is 863 g/mol. The Kier molecular flexibility index (Phi) is 9.14. The van der Waals surface area contributed by atoms with Crippen LogP contribution < -0.4 is 14.7 Å². The molecule has 0 fully saturated rings. The predicted octanol–water partition coefficient (Wildman–Crippen LogP) is 17.7. The number of nitrogens with zero attached hydrogens (tertiary/aromatic N) is 3. The second-order valence-electron chi connectivity index (χ2n) is 17.0. The summed E-state index contributed by atoms with van der Waals surface area (Å²) in [6, 6.07) is 85.4. The van der Waals surface area contributed by atoms with Gasteiger partial charge < -0.3 is 19.1 Å². The molecule has 2 aliphatic rings. The van der Waals surface area contributed by atoms with Crippen molar-refractivity contribution in [3.8, 4) is 22.3 Å². The van der Waals surface area contributed by atoms with Gasteiger partial charge in [0.25, 0.3) is 0 Å².